The van der Waals surface area contributed by atoms with Gasteiger partial charge < -0.3 is 4.90 Å². The van der Waals surface area contributed by atoms with Crippen molar-refractivity contribution in [1.29, 1.82) is 0 Å². The molecular formula is C12H12N2O. The minimum atomic E-state index is -0.228. The quantitative estimate of drug-likeness (QED) is 0.588. The maximum atomic E-state index is 11.4. The van der Waals surface area contributed by atoms with Crippen LogP contribution in [0.3, 0.4) is 0 Å². The summed E-state index contributed by atoms with van der Waals surface area (Å²) in [6.07, 6.45) is 0.565. The summed E-state index contributed by atoms with van der Waals surface area (Å²) in [6.45, 7) is 2.00. The highest BCUT2D eigenvalue weighted by atomic mass is 16.2. The number of hydrogen-bond acceptors (Lipinski definition) is 2. The molecule has 1 saturated heterocycles. The molecule has 0 saturated carbocycles. The van der Waals surface area contributed by atoms with E-state index < -0.39 is 0 Å². The number of rotatable bonds is 0. The van der Waals surface area contributed by atoms with Gasteiger partial charge in [0.15, 0.2) is 0 Å². The van der Waals surface area contributed by atoms with Crippen molar-refractivity contribution in [3.8, 4) is 0 Å². The molecule has 3 rings (SSSR count). The molecule has 1 amide bonds. The Morgan fingerprint density at radius 2 is 2.13 bits per heavy atom. The molecule has 1 fully saturated rings. The molecular weight excluding hydrogens is 188 g/mol. The SMILES string of the molecule is CC1=Nc2ccccc2C12CC(=O)N2C. The zero-order valence-corrected chi connectivity index (χ0v) is 8.82. The van der Waals surface area contributed by atoms with Gasteiger partial charge in [-0.05, 0) is 13.0 Å². The van der Waals surface area contributed by atoms with Crippen LogP contribution in [0, 0.1) is 0 Å². The van der Waals surface area contributed by atoms with Crippen LogP contribution in [-0.2, 0) is 10.3 Å². The van der Waals surface area contributed by atoms with Gasteiger partial charge in [-0.2, -0.15) is 0 Å². The van der Waals surface area contributed by atoms with E-state index in [4.69, 9.17) is 0 Å². The Morgan fingerprint density at radius 1 is 1.40 bits per heavy atom. The van der Waals surface area contributed by atoms with E-state index in [1.807, 2.05) is 32.2 Å². The molecule has 2 heterocycles. The standard InChI is InChI=1S/C12H12N2O/c1-8-12(7-11(15)14(12)2)9-5-3-4-6-10(9)13-8/h3-6H,7H2,1-2H3. The van der Waals surface area contributed by atoms with E-state index in [1.165, 1.54) is 5.56 Å². The zero-order chi connectivity index (χ0) is 10.6. The van der Waals surface area contributed by atoms with Gasteiger partial charge in [-0.3, -0.25) is 9.79 Å². The summed E-state index contributed by atoms with van der Waals surface area (Å²) >= 11 is 0. The molecule has 0 N–H and O–H groups in total. The van der Waals surface area contributed by atoms with Gasteiger partial charge in [0.05, 0.1) is 12.1 Å². The monoisotopic (exact) mass is 200 g/mol. The van der Waals surface area contributed by atoms with Crippen LogP contribution in [0.4, 0.5) is 5.69 Å². The summed E-state index contributed by atoms with van der Waals surface area (Å²) in [7, 11) is 1.85. The van der Waals surface area contributed by atoms with Crippen molar-refractivity contribution in [2.24, 2.45) is 4.99 Å². The van der Waals surface area contributed by atoms with E-state index in [1.54, 1.807) is 4.90 Å². The lowest BCUT2D eigenvalue weighted by atomic mass is 9.76. The molecule has 0 radical (unpaired) electrons. The lowest BCUT2D eigenvalue weighted by Crippen LogP contribution is -2.61. The normalized spacial score (nSPS) is 27.7. The van der Waals surface area contributed by atoms with Crippen molar-refractivity contribution >= 4 is 17.3 Å². The van der Waals surface area contributed by atoms with E-state index in [0.717, 1.165) is 11.4 Å². The Balaban J connectivity index is 2.20. The molecule has 76 valence electrons. The third-order valence-electron chi connectivity index (χ3n) is 3.59. The Hall–Kier alpha value is -1.64. The first-order chi connectivity index (χ1) is 7.16. The van der Waals surface area contributed by atoms with Gasteiger partial charge >= 0.3 is 0 Å². The smallest absolute Gasteiger partial charge is 0.226 e. The highest BCUT2D eigenvalue weighted by Crippen LogP contribution is 2.49. The number of aliphatic imine (C=N–C) groups is 1. The fourth-order valence-corrected chi connectivity index (χ4v) is 2.61. The highest BCUT2D eigenvalue weighted by Gasteiger charge is 2.55. The van der Waals surface area contributed by atoms with Crippen LogP contribution in [0.25, 0.3) is 0 Å². The molecule has 2 aliphatic heterocycles. The summed E-state index contributed by atoms with van der Waals surface area (Å²) in [5.41, 5.74) is 2.98. The van der Waals surface area contributed by atoms with Crippen molar-refractivity contribution in [3.05, 3.63) is 29.8 Å². The minimum absolute atomic E-state index is 0.196. The minimum Gasteiger partial charge on any atom is -0.330 e. The zero-order valence-electron chi connectivity index (χ0n) is 8.82. The van der Waals surface area contributed by atoms with Gasteiger partial charge in [-0.25, -0.2) is 0 Å². The average Bonchev–Trinajstić information content (AvgIpc) is 2.54. The summed E-state index contributed by atoms with van der Waals surface area (Å²) in [6, 6.07) is 8.06. The second kappa shape index (κ2) is 2.48. The second-order valence-electron chi connectivity index (χ2n) is 4.20. The third kappa shape index (κ3) is 0.814. The van der Waals surface area contributed by atoms with Gasteiger partial charge in [-0.15, -0.1) is 0 Å². The highest BCUT2D eigenvalue weighted by molar-refractivity contribution is 6.08. The number of benzene rings is 1. The molecule has 0 bridgehead atoms. The number of carbonyl (C=O) groups is 1. The maximum Gasteiger partial charge on any atom is 0.226 e. The van der Waals surface area contributed by atoms with E-state index in [9.17, 15) is 4.79 Å². The fourth-order valence-electron chi connectivity index (χ4n) is 2.61. The summed E-state index contributed by atoms with van der Waals surface area (Å²) < 4.78 is 0. The predicted molar refractivity (Wildman–Crippen MR) is 58.3 cm³/mol. The van der Waals surface area contributed by atoms with Gasteiger partial charge in [0.1, 0.15) is 5.54 Å². The van der Waals surface area contributed by atoms with Gasteiger partial charge in [0, 0.05) is 18.3 Å². The summed E-state index contributed by atoms with van der Waals surface area (Å²) in [4.78, 5) is 17.8. The Morgan fingerprint density at radius 3 is 2.80 bits per heavy atom. The fraction of sp³-hybridized carbons (Fsp3) is 0.333. The van der Waals surface area contributed by atoms with E-state index in [0.29, 0.717) is 6.42 Å². The number of β-lactam (4-membered cyclic amide) rings is 1. The predicted octanol–water partition coefficient (Wildman–Crippen LogP) is 1.85. The molecule has 0 aliphatic carbocycles. The van der Waals surface area contributed by atoms with Crippen LogP contribution in [0.15, 0.2) is 29.3 Å². The number of hydrogen-bond donors (Lipinski definition) is 0. The van der Waals surface area contributed by atoms with E-state index in [2.05, 4.69) is 11.1 Å². The van der Waals surface area contributed by atoms with Crippen LogP contribution in [0.2, 0.25) is 0 Å². The molecule has 1 spiro atoms. The molecule has 3 nitrogen and oxygen atoms in total. The topological polar surface area (TPSA) is 32.7 Å². The van der Waals surface area contributed by atoms with Crippen molar-refractivity contribution in [2.75, 3.05) is 7.05 Å². The van der Waals surface area contributed by atoms with Crippen LogP contribution in [0.5, 0.6) is 0 Å². The number of amides is 1. The van der Waals surface area contributed by atoms with E-state index >= 15 is 0 Å². The number of carbonyl (C=O) groups excluding carboxylic acids is 1. The number of nitrogens with zero attached hydrogens (tertiary/aromatic N) is 2. The first kappa shape index (κ1) is 8.65. The number of likely N-dealkylation sites (tertiary alicyclic amines) is 1. The van der Waals surface area contributed by atoms with Crippen molar-refractivity contribution in [1.82, 2.24) is 4.90 Å². The lowest BCUT2D eigenvalue weighted by Gasteiger charge is -2.48. The number of para-hydroxylation sites is 1. The van der Waals surface area contributed by atoms with Crippen molar-refractivity contribution in [3.63, 3.8) is 0 Å². The third-order valence-corrected chi connectivity index (χ3v) is 3.59. The second-order valence-corrected chi connectivity index (χ2v) is 4.20. The lowest BCUT2D eigenvalue weighted by molar-refractivity contribution is -0.148. The van der Waals surface area contributed by atoms with Crippen LogP contribution >= 0.6 is 0 Å². The molecule has 15 heavy (non-hydrogen) atoms. The van der Waals surface area contributed by atoms with Crippen LogP contribution in [0.1, 0.15) is 18.9 Å². The molecule has 1 aromatic carbocycles. The Bertz CT molecular complexity index is 492. The molecule has 1 aromatic rings. The molecule has 2 aliphatic rings. The largest absolute Gasteiger partial charge is 0.330 e. The first-order valence-corrected chi connectivity index (χ1v) is 5.08. The van der Waals surface area contributed by atoms with E-state index in [-0.39, 0.29) is 11.4 Å². The van der Waals surface area contributed by atoms with Gasteiger partial charge in [-0.1, -0.05) is 18.2 Å². The first-order valence-electron chi connectivity index (χ1n) is 5.08. The van der Waals surface area contributed by atoms with Crippen LogP contribution in [-0.4, -0.2) is 23.6 Å². The maximum absolute atomic E-state index is 11.4. The molecule has 0 aromatic heterocycles. The average molecular weight is 200 g/mol. The number of fused-ring (bicyclic) bond motifs is 2. The Kier molecular flexibility index (Phi) is 1.43. The summed E-state index contributed by atoms with van der Waals surface area (Å²) in [5, 5.41) is 0. The Labute approximate surface area is 88.4 Å². The van der Waals surface area contributed by atoms with Crippen molar-refractivity contribution < 1.29 is 4.79 Å². The molecule has 3 heteroatoms. The van der Waals surface area contributed by atoms with Gasteiger partial charge in [0.2, 0.25) is 5.91 Å². The molecule has 1 unspecified atom stereocenters. The van der Waals surface area contributed by atoms with Crippen molar-refractivity contribution in [2.45, 2.75) is 18.9 Å². The van der Waals surface area contributed by atoms with Gasteiger partial charge in [0.25, 0.3) is 0 Å². The molecule has 1 atom stereocenters. The summed E-state index contributed by atoms with van der Waals surface area (Å²) in [5.74, 6) is 0.196. The van der Waals surface area contributed by atoms with Crippen LogP contribution < -0.4 is 0 Å².